The summed E-state index contributed by atoms with van der Waals surface area (Å²) in [6.07, 6.45) is -0.167. The summed E-state index contributed by atoms with van der Waals surface area (Å²) in [6.45, 7) is 7.70. The van der Waals surface area contributed by atoms with Crippen LogP contribution in [0.2, 0.25) is 0 Å². The fourth-order valence-corrected chi connectivity index (χ4v) is 3.18. The molecular weight excluding hydrogens is 384 g/mol. The molecule has 0 saturated carbocycles. The summed E-state index contributed by atoms with van der Waals surface area (Å²) >= 11 is 0. The highest BCUT2D eigenvalue weighted by Gasteiger charge is 2.25. The summed E-state index contributed by atoms with van der Waals surface area (Å²) in [5.41, 5.74) is 2.66. The van der Waals surface area contributed by atoms with Gasteiger partial charge in [0, 0.05) is 12.3 Å². The quantitative estimate of drug-likeness (QED) is 0.445. The van der Waals surface area contributed by atoms with Crippen molar-refractivity contribution < 1.29 is 28.6 Å². The van der Waals surface area contributed by atoms with Crippen LogP contribution in [0.4, 0.5) is 0 Å². The zero-order valence-electron chi connectivity index (χ0n) is 17.8. The molecule has 0 spiro atoms. The zero-order chi connectivity index (χ0) is 22.1. The molecule has 0 aromatic heterocycles. The monoisotopic (exact) mass is 412 g/mol. The molecule has 0 radical (unpaired) electrons. The molecule has 2 aromatic carbocycles. The highest BCUT2D eigenvalue weighted by Crippen LogP contribution is 2.31. The lowest BCUT2D eigenvalue weighted by molar-refractivity contribution is -0.148. The lowest BCUT2D eigenvalue weighted by Gasteiger charge is -2.25. The summed E-state index contributed by atoms with van der Waals surface area (Å²) in [6, 6.07) is 14.1. The van der Waals surface area contributed by atoms with Crippen LogP contribution in [0.1, 0.15) is 71.9 Å². The average molecular weight is 412 g/mol. The van der Waals surface area contributed by atoms with Crippen molar-refractivity contribution in [3.05, 3.63) is 70.8 Å². The number of rotatable bonds is 9. The first-order chi connectivity index (χ1) is 14.4. The molecule has 0 aliphatic heterocycles. The van der Waals surface area contributed by atoms with Gasteiger partial charge in [-0.1, -0.05) is 31.2 Å². The fourth-order valence-electron chi connectivity index (χ4n) is 3.18. The van der Waals surface area contributed by atoms with E-state index in [1.165, 1.54) is 0 Å². The van der Waals surface area contributed by atoms with E-state index >= 15 is 0 Å². The molecule has 6 nitrogen and oxygen atoms in total. The molecule has 0 aliphatic rings. The molecule has 1 unspecified atom stereocenters. The first-order valence-electron chi connectivity index (χ1n) is 10.1. The van der Waals surface area contributed by atoms with Crippen LogP contribution in [0.3, 0.4) is 0 Å². The van der Waals surface area contributed by atoms with Gasteiger partial charge in [0.05, 0.1) is 24.3 Å². The van der Waals surface area contributed by atoms with Crippen molar-refractivity contribution >= 4 is 17.9 Å². The fraction of sp³-hybridized carbons (Fsp3) is 0.375. The van der Waals surface area contributed by atoms with E-state index in [-0.39, 0.29) is 30.2 Å². The molecule has 30 heavy (non-hydrogen) atoms. The number of carbonyl (C=O) groups is 3. The third kappa shape index (κ3) is 5.92. The minimum atomic E-state index is -0.445. The summed E-state index contributed by atoms with van der Waals surface area (Å²) in [5, 5.41) is 0. The van der Waals surface area contributed by atoms with Gasteiger partial charge in [0.2, 0.25) is 0 Å². The van der Waals surface area contributed by atoms with E-state index in [1.807, 2.05) is 31.2 Å². The van der Waals surface area contributed by atoms with Crippen LogP contribution in [-0.4, -0.2) is 37.2 Å². The molecule has 0 bridgehead atoms. The second kappa shape index (κ2) is 11.1. The van der Waals surface area contributed by atoms with Crippen LogP contribution in [0, 0.1) is 0 Å². The van der Waals surface area contributed by atoms with Gasteiger partial charge in [0.15, 0.2) is 0 Å². The van der Waals surface area contributed by atoms with Crippen LogP contribution in [-0.2, 0) is 19.0 Å². The van der Waals surface area contributed by atoms with Gasteiger partial charge < -0.3 is 14.2 Å². The van der Waals surface area contributed by atoms with E-state index < -0.39 is 6.10 Å². The minimum Gasteiger partial charge on any atom is -0.462 e. The molecule has 0 N–H and O–H groups in total. The highest BCUT2D eigenvalue weighted by molar-refractivity contribution is 5.90. The molecule has 2 aromatic rings. The van der Waals surface area contributed by atoms with E-state index in [1.54, 1.807) is 45.0 Å². The molecule has 0 amide bonds. The smallest absolute Gasteiger partial charge is 0.338 e. The summed E-state index contributed by atoms with van der Waals surface area (Å²) in [5.74, 6) is -1.33. The predicted molar refractivity (Wildman–Crippen MR) is 112 cm³/mol. The molecule has 1 atom stereocenters. The van der Waals surface area contributed by atoms with E-state index in [0.29, 0.717) is 24.3 Å². The van der Waals surface area contributed by atoms with Crippen LogP contribution in [0.5, 0.6) is 0 Å². The maximum Gasteiger partial charge on any atom is 0.338 e. The second-order valence-corrected chi connectivity index (χ2v) is 6.71. The van der Waals surface area contributed by atoms with E-state index in [4.69, 9.17) is 14.2 Å². The van der Waals surface area contributed by atoms with Crippen molar-refractivity contribution in [2.24, 2.45) is 0 Å². The minimum absolute atomic E-state index is 0.270. The standard InChI is InChI=1S/C24H28O6/c1-5-21(25)30-16(4)22(17-8-12-19(13-9-17)23(26)28-6-2)18-10-14-20(15-11-18)24(27)29-7-3/h8-16,22H,5-7H2,1-4H3. The number of benzene rings is 2. The Morgan fingerprint density at radius 2 is 1.13 bits per heavy atom. The third-order valence-corrected chi connectivity index (χ3v) is 4.64. The molecule has 0 fully saturated rings. The SMILES string of the molecule is CCOC(=O)c1ccc(C(c2ccc(C(=O)OCC)cc2)C(C)OC(=O)CC)cc1. The van der Waals surface area contributed by atoms with Crippen molar-refractivity contribution in [1.82, 2.24) is 0 Å². The van der Waals surface area contributed by atoms with Gasteiger partial charge in [-0.2, -0.15) is 0 Å². The lowest BCUT2D eigenvalue weighted by Crippen LogP contribution is -2.23. The molecular formula is C24H28O6. The van der Waals surface area contributed by atoms with Gasteiger partial charge in [0.1, 0.15) is 6.10 Å². The Morgan fingerprint density at radius 3 is 1.47 bits per heavy atom. The normalized spacial score (nSPS) is 11.6. The van der Waals surface area contributed by atoms with Crippen molar-refractivity contribution in [3.8, 4) is 0 Å². The number of ether oxygens (including phenoxy) is 3. The topological polar surface area (TPSA) is 78.9 Å². The highest BCUT2D eigenvalue weighted by atomic mass is 16.5. The maximum absolute atomic E-state index is 11.9. The molecule has 0 aliphatic carbocycles. The number of esters is 3. The molecule has 0 saturated heterocycles. The van der Waals surface area contributed by atoms with E-state index in [0.717, 1.165) is 11.1 Å². The van der Waals surface area contributed by atoms with Crippen molar-refractivity contribution in [1.29, 1.82) is 0 Å². The van der Waals surface area contributed by atoms with Crippen molar-refractivity contribution in [2.75, 3.05) is 13.2 Å². The third-order valence-electron chi connectivity index (χ3n) is 4.64. The van der Waals surface area contributed by atoms with Gasteiger partial charge in [-0.05, 0) is 56.2 Å². The van der Waals surface area contributed by atoms with Crippen LogP contribution in [0.15, 0.2) is 48.5 Å². The first kappa shape index (κ1) is 23.1. The van der Waals surface area contributed by atoms with Gasteiger partial charge >= 0.3 is 17.9 Å². The Morgan fingerprint density at radius 1 is 0.733 bits per heavy atom. The maximum atomic E-state index is 11.9. The van der Waals surface area contributed by atoms with E-state index in [2.05, 4.69) is 0 Å². The van der Waals surface area contributed by atoms with Crippen LogP contribution >= 0.6 is 0 Å². The Balaban J connectivity index is 2.36. The average Bonchev–Trinajstić information content (AvgIpc) is 2.75. The number of hydrogen-bond acceptors (Lipinski definition) is 6. The van der Waals surface area contributed by atoms with Crippen molar-refractivity contribution in [2.45, 2.75) is 46.1 Å². The Bertz CT molecular complexity index is 793. The first-order valence-corrected chi connectivity index (χ1v) is 10.1. The predicted octanol–water partition coefficient (Wildman–Crippen LogP) is 4.51. The molecule has 160 valence electrons. The Hall–Kier alpha value is -3.15. The van der Waals surface area contributed by atoms with Crippen LogP contribution in [0.25, 0.3) is 0 Å². The Labute approximate surface area is 177 Å². The molecule has 0 heterocycles. The van der Waals surface area contributed by atoms with E-state index in [9.17, 15) is 14.4 Å². The second-order valence-electron chi connectivity index (χ2n) is 6.71. The largest absolute Gasteiger partial charge is 0.462 e. The lowest BCUT2D eigenvalue weighted by atomic mass is 9.86. The molecule has 2 rings (SSSR count). The summed E-state index contributed by atoms with van der Waals surface area (Å²) < 4.78 is 15.6. The van der Waals surface area contributed by atoms with Gasteiger partial charge in [-0.25, -0.2) is 9.59 Å². The van der Waals surface area contributed by atoms with Gasteiger partial charge in [0.25, 0.3) is 0 Å². The summed E-state index contributed by atoms with van der Waals surface area (Å²) in [4.78, 5) is 35.7. The van der Waals surface area contributed by atoms with Gasteiger partial charge in [-0.3, -0.25) is 4.79 Å². The number of hydrogen-bond donors (Lipinski definition) is 0. The van der Waals surface area contributed by atoms with Gasteiger partial charge in [-0.15, -0.1) is 0 Å². The van der Waals surface area contributed by atoms with Crippen LogP contribution < -0.4 is 0 Å². The molecule has 6 heteroatoms. The Kier molecular flexibility index (Phi) is 8.59. The van der Waals surface area contributed by atoms with Crippen molar-refractivity contribution in [3.63, 3.8) is 0 Å². The number of carbonyl (C=O) groups excluding carboxylic acids is 3. The zero-order valence-corrected chi connectivity index (χ0v) is 17.8. The summed E-state index contributed by atoms with van der Waals surface area (Å²) in [7, 11) is 0.